The molecule has 0 aromatic heterocycles. The molecule has 3 heteroatoms. The number of benzene rings is 1. The van der Waals surface area contributed by atoms with Crippen molar-refractivity contribution in [3.8, 4) is 5.75 Å². The van der Waals surface area contributed by atoms with Crippen LogP contribution < -0.4 is 5.11 Å². The van der Waals surface area contributed by atoms with Crippen LogP contribution in [0.2, 0.25) is 0 Å². The van der Waals surface area contributed by atoms with Gasteiger partial charge in [0.2, 0.25) is 0 Å². The van der Waals surface area contributed by atoms with Gasteiger partial charge in [0.15, 0.2) is 0 Å². The van der Waals surface area contributed by atoms with Crippen molar-refractivity contribution in [3.05, 3.63) is 28.5 Å². The smallest absolute Gasteiger partial charge is 0.123 e. The van der Waals surface area contributed by atoms with Gasteiger partial charge in [-0.2, -0.15) is 0 Å². The zero-order valence-electron chi connectivity index (χ0n) is 4.40. The lowest BCUT2D eigenvalue weighted by atomic mass is 10.3. The van der Waals surface area contributed by atoms with Gasteiger partial charge in [0.25, 0.3) is 0 Å². The molecule has 0 aliphatic heterocycles. The molecular formula is C6H3BrFO-. The number of hydrogen-bond acceptors (Lipinski definition) is 1. The molecule has 0 saturated carbocycles. The highest BCUT2D eigenvalue weighted by Crippen LogP contribution is 2.16. The topological polar surface area (TPSA) is 23.1 Å². The molecule has 1 aromatic rings. The van der Waals surface area contributed by atoms with Crippen LogP contribution in [0.15, 0.2) is 22.7 Å². The van der Waals surface area contributed by atoms with Gasteiger partial charge in [0.05, 0.1) is 0 Å². The van der Waals surface area contributed by atoms with E-state index in [9.17, 15) is 9.50 Å². The SMILES string of the molecule is [O-]c1cc(F)cc(Br)c1. The fraction of sp³-hybridized carbons (Fsp3) is 0. The molecule has 9 heavy (non-hydrogen) atoms. The minimum Gasteiger partial charge on any atom is -0.872 e. The van der Waals surface area contributed by atoms with Crippen molar-refractivity contribution >= 4 is 15.9 Å². The fourth-order valence-corrected chi connectivity index (χ4v) is 0.973. The van der Waals surface area contributed by atoms with E-state index in [4.69, 9.17) is 0 Å². The summed E-state index contributed by atoms with van der Waals surface area (Å²) in [6, 6.07) is 3.48. The minimum atomic E-state index is -0.505. The van der Waals surface area contributed by atoms with Crippen LogP contribution in [-0.2, 0) is 0 Å². The molecule has 0 radical (unpaired) electrons. The molecule has 1 rings (SSSR count). The predicted molar refractivity (Wildman–Crippen MR) is 33.5 cm³/mol. The Kier molecular flexibility index (Phi) is 1.71. The van der Waals surface area contributed by atoms with E-state index in [1.165, 1.54) is 12.1 Å². The second kappa shape index (κ2) is 2.35. The van der Waals surface area contributed by atoms with Crippen molar-refractivity contribution in [2.24, 2.45) is 0 Å². The summed E-state index contributed by atoms with van der Waals surface area (Å²) in [5, 5.41) is 10.4. The van der Waals surface area contributed by atoms with Gasteiger partial charge in [-0.1, -0.05) is 22.0 Å². The van der Waals surface area contributed by atoms with Crippen LogP contribution in [0, 0.1) is 5.82 Å². The van der Waals surface area contributed by atoms with Gasteiger partial charge in [0, 0.05) is 4.47 Å². The molecular weight excluding hydrogens is 187 g/mol. The summed E-state index contributed by atoms with van der Waals surface area (Å²) in [6.45, 7) is 0. The first kappa shape index (κ1) is 6.55. The summed E-state index contributed by atoms with van der Waals surface area (Å²) >= 11 is 2.97. The maximum atomic E-state index is 12.2. The molecule has 0 unspecified atom stereocenters. The lowest BCUT2D eigenvalue weighted by Gasteiger charge is -2.03. The summed E-state index contributed by atoms with van der Waals surface area (Å²) in [7, 11) is 0. The average Bonchev–Trinajstić information content (AvgIpc) is 1.59. The third kappa shape index (κ3) is 1.68. The van der Waals surface area contributed by atoms with E-state index in [-0.39, 0.29) is 5.75 Å². The van der Waals surface area contributed by atoms with Gasteiger partial charge in [-0.3, -0.25) is 0 Å². The van der Waals surface area contributed by atoms with Crippen LogP contribution in [0.25, 0.3) is 0 Å². The molecule has 0 saturated heterocycles. The van der Waals surface area contributed by atoms with E-state index in [1.54, 1.807) is 0 Å². The molecule has 0 N–H and O–H groups in total. The quantitative estimate of drug-likeness (QED) is 0.609. The molecule has 0 amide bonds. The first-order valence-corrected chi connectivity index (χ1v) is 3.11. The summed E-state index contributed by atoms with van der Waals surface area (Å²) in [5.41, 5.74) is 0. The summed E-state index contributed by atoms with van der Waals surface area (Å²) in [6.07, 6.45) is 0. The Balaban J connectivity index is 3.17. The normalized spacial score (nSPS) is 9.56. The maximum Gasteiger partial charge on any atom is 0.123 e. The second-order valence-electron chi connectivity index (χ2n) is 1.61. The van der Waals surface area contributed by atoms with Crippen LogP contribution in [0.3, 0.4) is 0 Å². The van der Waals surface area contributed by atoms with Crippen molar-refractivity contribution in [2.75, 3.05) is 0 Å². The summed E-state index contributed by atoms with van der Waals surface area (Å²) in [4.78, 5) is 0. The molecule has 0 spiro atoms. The van der Waals surface area contributed by atoms with Crippen LogP contribution >= 0.6 is 15.9 Å². The van der Waals surface area contributed by atoms with Crippen LogP contribution in [0.4, 0.5) is 4.39 Å². The lowest BCUT2D eigenvalue weighted by molar-refractivity contribution is -0.268. The third-order valence-corrected chi connectivity index (χ3v) is 1.29. The monoisotopic (exact) mass is 189 g/mol. The highest BCUT2D eigenvalue weighted by Gasteiger charge is 1.89. The van der Waals surface area contributed by atoms with Gasteiger partial charge in [-0.15, -0.1) is 5.75 Å². The first-order valence-electron chi connectivity index (χ1n) is 2.31. The highest BCUT2D eigenvalue weighted by molar-refractivity contribution is 9.10. The van der Waals surface area contributed by atoms with Crippen LogP contribution in [0.5, 0.6) is 5.75 Å². The van der Waals surface area contributed by atoms with Gasteiger partial charge < -0.3 is 5.11 Å². The van der Waals surface area contributed by atoms with Crippen molar-refractivity contribution in [3.63, 3.8) is 0 Å². The predicted octanol–water partition coefficient (Wildman–Crippen LogP) is 1.66. The zero-order valence-corrected chi connectivity index (χ0v) is 5.98. The standard InChI is InChI=1S/C6H4BrFO/c7-4-1-5(8)3-6(9)2-4/h1-3,9H/p-1. The van der Waals surface area contributed by atoms with E-state index < -0.39 is 5.82 Å². The number of rotatable bonds is 0. The minimum absolute atomic E-state index is 0.318. The van der Waals surface area contributed by atoms with E-state index in [0.29, 0.717) is 4.47 Å². The average molecular weight is 190 g/mol. The molecule has 1 aromatic carbocycles. The van der Waals surface area contributed by atoms with Crippen molar-refractivity contribution < 1.29 is 9.50 Å². The highest BCUT2D eigenvalue weighted by atomic mass is 79.9. The first-order chi connectivity index (χ1) is 4.18. The van der Waals surface area contributed by atoms with Crippen molar-refractivity contribution in [1.82, 2.24) is 0 Å². The molecule has 0 aliphatic carbocycles. The van der Waals surface area contributed by atoms with E-state index in [2.05, 4.69) is 15.9 Å². The Morgan fingerprint density at radius 2 is 2.00 bits per heavy atom. The molecule has 1 nitrogen and oxygen atoms in total. The largest absolute Gasteiger partial charge is 0.872 e. The molecule has 0 atom stereocenters. The van der Waals surface area contributed by atoms with Crippen molar-refractivity contribution in [2.45, 2.75) is 0 Å². The number of hydrogen-bond donors (Lipinski definition) is 0. The van der Waals surface area contributed by atoms with E-state index in [1.807, 2.05) is 0 Å². The molecule has 0 fully saturated rings. The Labute approximate surface area is 60.3 Å². The lowest BCUT2D eigenvalue weighted by Crippen LogP contribution is -1.89. The van der Waals surface area contributed by atoms with Crippen LogP contribution in [-0.4, -0.2) is 0 Å². The molecule has 48 valence electrons. The zero-order chi connectivity index (χ0) is 6.85. The Morgan fingerprint density at radius 1 is 1.33 bits per heavy atom. The Hall–Kier alpha value is -0.570. The second-order valence-corrected chi connectivity index (χ2v) is 2.52. The van der Waals surface area contributed by atoms with Crippen LogP contribution in [0.1, 0.15) is 0 Å². The molecule has 0 heterocycles. The van der Waals surface area contributed by atoms with Gasteiger partial charge >= 0.3 is 0 Å². The number of halogens is 2. The van der Waals surface area contributed by atoms with Gasteiger partial charge in [0.1, 0.15) is 5.82 Å². The fourth-order valence-electron chi connectivity index (χ4n) is 0.529. The van der Waals surface area contributed by atoms with E-state index in [0.717, 1.165) is 6.07 Å². The van der Waals surface area contributed by atoms with Crippen molar-refractivity contribution in [1.29, 1.82) is 0 Å². The summed E-state index contributed by atoms with van der Waals surface area (Å²) in [5.74, 6) is -0.823. The maximum absolute atomic E-state index is 12.2. The van der Waals surface area contributed by atoms with Gasteiger partial charge in [-0.05, 0) is 12.1 Å². The third-order valence-electron chi connectivity index (χ3n) is 0.836. The Bertz CT molecular complexity index is 174. The Morgan fingerprint density at radius 3 is 2.44 bits per heavy atom. The molecule has 0 aliphatic rings. The summed E-state index contributed by atoms with van der Waals surface area (Å²) < 4.78 is 12.7. The molecule has 0 bridgehead atoms. The van der Waals surface area contributed by atoms with E-state index >= 15 is 0 Å². The van der Waals surface area contributed by atoms with Gasteiger partial charge in [-0.25, -0.2) is 4.39 Å².